The van der Waals surface area contributed by atoms with E-state index >= 15 is 0 Å². The molecule has 1 atom stereocenters. The van der Waals surface area contributed by atoms with Crippen molar-refractivity contribution in [3.05, 3.63) is 90.0 Å². The minimum atomic E-state index is -3.93. The van der Waals surface area contributed by atoms with Crippen molar-refractivity contribution in [1.82, 2.24) is 4.72 Å². The van der Waals surface area contributed by atoms with E-state index in [0.717, 1.165) is 17.5 Å². The number of amides is 1. The van der Waals surface area contributed by atoms with Crippen LogP contribution in [0.2, 0.25) is 0 Å². The summed E-state index contributed by atoms with van der Waals surface area (Å²) in [7, 11) is -3.93. The molecule has 6 nitrogen and oxygen atoms in total. The molecule has 3 aromatic carbocycles. The molecule has 0 bridgehead atoms. The van der Waals surface area contributed by atoms with E-state index in [0.29, 0.717) is 18.0 Å². The van der Waals surface area contributed by atoms with Gasteiger partial charge in [-0.05, 0) is 61.2 Å². The van der Waals surface area contributed by atoms with Crippen LogP contribution in [-0.4, -0.2) is 27.0 Å². The largest absolute Gasteiger partial charge is 0.494 e. The van der Waals surface area contributed by atoms with Crippen molar-refractivity contribution in [1.29, 1.82) is 0 Å². The van der Waals surface area contributed by atoms with Crippen LogP contribution in [0.15, 0.2) is 83.8 Å². The highest BCUT2D eigenvalue weighted by atomic mass is 32.2. The number of hydrogen-bond acceptors (Lipinski definition) is 4. The van der Waals surface area contributed by atoms with Gasteiger partial charge in [0.15, 0.2) is 0 Å². The molecule has 0 fully saturated rings. The molecule has 3 rings (SSSR count). The van der Waals surface area contributed by atoms with Crippen molar-refractivity contribution in [2.45, 2.75) is 37.6 Å². The third kappa shape index (κ3) is 6.18. The first-order chi connectivity index (χ1) is 15.4. The molecule has 0 aliphatic rings. The molecule has 0 heterocycles. The van der Waals surface area contributed by atoms with Crippen molar-refractivity contribution in [2.24, 2.45) is 0 Å². The number of ether oxygens (including phenoxy) is 1. The lowest BCUT2D eigenvalue weighted by Gasteiger charge is -2.20. The fraction of sp³-hybridized carbons (Fsp3) is 0.240. The maximum Gasteiger partial charge on any atom is 0.242 e. The molecule has 0 aromatic heterocycles. The van der Waals surface area contributed by atoms with E-state index in [9.17, 15) is 13.2 Å². The maximum atomic E-state index is 13.2. The highest BCUT2D eigenvalue weighted by molar-refractivity contribution is 7.89. The minimum absolute atomic E-state index is 0.0702. The zero-order valence-electron chi connectivity index (χ0n) is 18.2. The summed E-state index contributed by atoms with van der Waals surface area (Å²) in [4.78, 5) is 13.2. The van der Waals surface area contributed by atoms with Crippen LogP contribution in [-0.2, 0) is 27.7 Å². The van der Waals surface area contributed by atoms with E-state index in [2.05, 4.69) is 10.0 Å². The van der Waals surface area contributed by atoms with E-state index < -0.39 is 22.0 Å². The maximum absolute atomic E-state index is 13.2. The van der Waals surface area contributed by atoms with E-state index in [1.165, 1.54) is 12.1 Å². The Morgan fingerprint density at radius 2 is 1.56 bits per heavy atom. The van der Waals surface area contributed by atoms with Gasteiger partial charge in [0.25, 0.3) is 0 Å². The number of carbonyl (C=O) groups is 1. The Morgan fingerprint density at radius 1 is 0.906 bits per heavy atom. The Hall–Kier alpha value is -3.16. The number of carbonyl (C=O) groups excluding carboxylic acids is 1. The van der Waals surface area contributed by atoms with Crippen LogP contribution in [0.1, 0.15) is 25.0 Å². The first-order valence-corrected chi connectivity index (χ1v) is 12.1. The molecule has 1 amide bonds. The Kier molecular flexibility index (Phi) is 8.03. The van der Waals surface area contributed by atoms with Crippen molar-refractivity contribution in [2.75, 3.05) is 11.9 Å². The Labute approximate surface area is 189 Å². The minimum Gasteiger partial charge on any atom is -0.494 e. The van der Waals surface area contributed by atoms with Gasteiger partial charge >= 0.3 is 0 Å². The van der Waals surface area contributed by atoms with Crippen LogP contribution in [0.5, 0.6) is 5.75 Å². The second kappa shape index (κ2) is 10.9. The SMILES string of the molecule is CCOc1ccc(S(=O)(=O)NC(Cc2ccccc2)C(=O)Nc2ccccc2CC)cc1. The van der Waals surface area contributed by atoms with Crippen molar-refractivity contribution in [3.63, 3.8) is 0 Å². The number of sulfonamides is 1. The summed E-state index contributed by atoms with van der Waals surface area (Å²) in [5, 5.41) is 2.90. The molecule has 32 heavy (non-hydrogen) atoms. The number of aryl methyl sites for hydroxylation is 1. The molecular weight excluding hydrogens is 424 g/mol. The van der Waals surface area contributed by atoms with E-state index in [-0.39, 0.29) is 11.3 Å². The van der Waals surface area contributed by atoms with Gasteiger partial charge in [-0.25, -0.2) is 8.42 Å². The van der Waals surface area contributed by atoms with Gasteiger partial charge < -0.3 is 10.1 Å². The van der Waals surface area contributed by atoms with Gasteiger partial charge in [-0.3, -0.25) is 4.79 Å². The van der Waals surface area contributed by atoms with Crippen molar-refractivity contribution in [3.8, 4) is 5.75 Å². The summed E-state index contributed by atoms with van der Waals surface area (Å²) < 4.78 is 34.1. The highest BCUT2D eigenvalue weighted by Crippen LogP contribution is 2.19. The second-order valence-electron chi connectivity index (χ2n) is 7.27. The smallest absolute Gasteiger partial charge is 0.242 e. The number of para-hydroxylation sites is 1. The van der Waals surface area contributed by atoms with Crippen LogP contribution < -0.4 is 14.8 Å². The third-order valence-electron chi connectivity index (χ3n) is 5.00. The highest BCUT2D eigenvalue weighted by Gasteiger charge is 2.26. The van der Waals surface area contributed by atoms with E-state index in [1.807, 2.05) is 68.4 Å². The molecular formula is C25H28N2O4S. The van der Waals surface area contributed by atoms with Gasteiger partial charge in [0.1, 0.15) is 11.8 Å². The second-order valence-corrected chi connectivity index (χ2v) is 8.98. The molecule has 0 saturated heterocycles. The average Bonchev–Trinajstić information content (AvgIpc) is 2.80. The molecule has 1 unspecified atom stereocenters. The van der Waals surface area contributed by atoms with Gasteiger partial charge in [0, 0.05) is 5.69 Å². The van der Waals surface area contributed by atoms with Gasteiger partial charge in [-0.15, -0.1) is 0 Å². The number of rotatable bonds is 10. The summed E-state index contributed by atoms with van der Waals surface area (Å²) >= 11 is 0. The van der Waals surface area contributed by atoms with Crippen LogP contribution in [0.25, 0.3) is 0 Å². The zero-order chi connectivity index (χ0) is 23.0. The number of nitrogens with one attached hydrogen (secondary N) is 2. The predicted octanol–water partition coefficient (Wildman–Crippen LogP) is 4.18. The molecule has 0 radical (unpaired) electrons. The van der Waals surface area contributed by atoms with Crippen molar-refractivity contribution >= 4 is 21.6 Å². The van der Waals surface area contributed by atoms with Crippen molar-refractivity contribution < 1.29 is 17.9 Å². The monoisotopic (exact) mass is 452 g/mol. The fourth-order valence-corrected chi connectivity index (χ4v) is 4.54. The topological polar surface area (TPSA) is 84.5 Å². The Bertz CT molecular complexity index is 1130. The summed E-state index contributed by atoms with van der Waals surface area (Å²) in [5.74, 6) is 0.172. The number of benzene rings is 3. The van der Waals surface area contributed by atoms with Gasteiger partial charge in [-0.2, -0.15) is 4.72 Å². The normalized spacial score (nSPS) is 12.2. The lowest BCUT2D eigenvalue weighted by Crippen LogP contribution is -2.45. The first-order valence-electron chi connectivity index (χ1n) is 10.6. The molecule has 0 saturated carbocycles. The van der Waals surface area contributed by atoms with Gasteiger partial charge in [0.2, 0.25) is 15.9 Å². The molecule has 0 spiro atoms. The van der Waals surface area contributed by atoms with Gasteiger partial charge in [-0.1, -0.05) is 55.5 Å². The Morgan fingerprint density at radius 3 is 2.22 bits per heavy atom. The number of anilines is 1. The lowest BCUT2D eigenvalue weighted by atomic mass is 10.1. The first kappa shape index (κ1) is 23.5. The number of hydrogen-bond donors (Lipinski definition) is 2. The zero-order valence-corrected chi connectivity index (χ0v) is 19.1. The summed E-state index contributed by atoms with van der Waals surface area (Å²) in [5.41, 5.74) is 2.51. The lowest BCUT2D eigenvalue weighted by molar-refractivity contribution is -0.117. The predicted molar refractivity (Wildman–Crippen MR) is 126 cm³/mol. The molecule has 168 valence electrons. The molecule has 3 aromatic rings. The molecule has 0 aliphatic heterocycles. The van der Waals surface area contributed by atoms with Crippen LogP contribution in [0.3, 0.4) is 0 Å². The fourth-order valence-electron chi connectivity index (χ4n) is 3.35. The molecule has 7 heteroatoms. The molecule has 2 N–H and O–H groups in total. The van der Waals surface area contributed by atoms with Crippen LogP contribution in [0, 0.1) is 0 Å². The average molecular weight is 453 g/mol. The standard InChI is InChI=1S/C25H28N2O4S/c1-3-20-12-8-9-13-23(20)26-25(28)24(18-19-10-6-5-7-11-19)27-32(29,30)22-16-14-21(15-17-22)31-4-2/h5-17,24,27H,3-4,18H2,1-2H3,(H,26,28). The van der Waals surface area contributed by atoms with Crippen LogP contribution in [0.4, 0.5) is 5.69 Å². The third-order valence-corrected chi connectivity index (χ3v) is 6.49. The van der Waals surface area contributed by atoms with E-state index in [4.69, 9.17) is 4.74 Å². The quantitative estimate of drug-likeness (QED) is 0.483. The van der Waals surface area contributed by atoms with Gasteiger partial charge in [0.05, 0.1) is 11.5 Å². The summed E-state index contributed by atoms with van der Waals surface area (Å²) in [6.45, 7) is 4.35. The Balaban J connectivity index is 1.85. The molecule has 0 aliphatic carbocycles. The summed E-state index contributed by atoms with van der Waals surface area (Å²) in [6.07, 6.45) is 0.967. The van der Waals surface area contributed by atoms with Crippen LogP contribution >= 0.6 is 0 Å². The van der Waals surface area contributed by atoms with E-state index in [1.54, 1.807) is 12.1 Å². The summed E-state index contributed by atoms with van der Waals surface area (Å²) in [6, 6.07) is 22.0.